The van der Waals surface area contributed by atoms with Gasteiger partial charge in [0.05, 0.1) is 5.41 Å². The monoisotopic (exact) mass is 427 g/mol. The highest BCUT2D eigenvalue weighted by atomic mass is 16.2. The van der Waals surface area contributed by atoms with Gasteiger partial charge >= 0.3 is 0 Å². The van der Waals surface area contributed by atoms with Gasteiger partial charge in [0, 0.05) is 27.9 Å². The summed E-state index contributed by atoms with van der Waals surface area (Å²) in [4.78, 5) is 39.7. The van der Waals surface area contributed by atoms with Crippen LogP contribution in [-0.2, 0) is 4.79 Å². The molecule has 7 rings (SSSR count). The Bertz CT molecular complexity index is 1170. The van der Waals surface area contributed by atoms with E-state index in [1.807, 2.05) is 0 Å². The van der Waals surface area contributed by atoms with E-state index in [4.69, 9.17) is 0 Å². The first-order valence-electron chi connectivity index (χ1n) is 11.7. The second kappa shape index (κ2) is 5.98. The van der Waals surface area contributed by atoms with Crippen LogP contribution in [0.5, 0.6) is 0 Å². The number of ketones is 2. The number of carbonyl (C=O) groups excluding carboxylic acids is 3. The summed E-state index contributed by atoms with van der Waals surface area (Å²) in [5, 5.41) is 3.16. The summed E-state index contributed by atoms with van der Waals surface area (Å²) < 4.78 is 0. The van der Waals surface area contributed by atoms with E-state index in [-0.39, 0.29) is 39.1 Å². The molecule has 1 N–H and O–H groups in total. The topological polar surface area (TPSA) is 63.2 Å². The molecule has 0 saturated heterocycles. The first-order chi connectivity index (χ1) is 15.0. The molecule has 164 valence electrons. The van der Waals surface area contributed by atoms with Gasteiger partial charge < -0.3 is 5.32 Å². The second-order valence-electron chi connectivity index (χ2n) is 12.2. The number of hydrogen-bond acceptors (Lipinski definition) is 3. The second-order valence-corrected chi connectivity index (χ2v) is 12.2. The Morgan fingerprint density at radius 1 is 0.688 bits per heavy atom. The van der Waals surface area contributed by atoms with Crippen LogP contribution in [0, 0.1) is 21.7 Å². The molecule has 5 aliphatic rings. The van der Waals surface area contributed by atoms with E-state index in [1.165, 1.54) is 19.3 Å². The zero-order valence-electron chi connectivity index (χ0n) is 19.0. The molecule has 5 aliphatic carbocycles. The van der Waals surface area contributed by atoms with Gasteiger partial charge in [0.15, 0.2) is 11.6 Å². The number of amides is 1. The molecule has 0 spiro atoms. The van der Waals surface area contributed by atoms with Gasteiger partial charge in [-0.25, -0.2) is 0 Å². The fourth-order valence-electron chi connectivity index (χ4n) is 8.97. The van der Waals surface area contributed by atoms with E-state index in [1.54, 1.807) is 42.5 Å². The molecule has 1 amide bonds. The Balaban J connectivity index is 1.33. The predicted octanol–water partition coefficient (Wildman–Crippen LogP) is 5.79. The normalized spacial score (nSPS) is 36.6. The molecule has 0 unspecified atom stereocenters. The number of hydrogen-bond donors (Lipinski definition) is 1. The molecule has 2 aromatic rings. The van der Waals surface area contributed by atoms with Crippen molar-refractivity contribution >= 4 is 23.2 Å². The molecule has 4 nitrogen and oxygen atoms in total. The van der Waals surface area contributed by atoms with Crippen LogP contribution in [0.1, 0.15) is 91.1 Å². The highest BCUT2D eigenvalue weighted by molar-refractivity contribution is 6.28. The lowest BCUT2D eigenvalue weighted by atomic mass is 9.36. The summed E-state index contributed by atoms with van der Waals surface area (Å²) in [6.45, 7) is 7.09. The number of anilines is 1. The maximum absolute atomic E-state index is 13.7. The zero-order chi connectivity index (χ0) is 22.5. The molecule has 4 saturated carbocycles. The Morgan fingerprint density at radius 2 is 1.16 bits per heavy atom. The third-order valence-electron chi connectivity index (χ3n) is 8.52. The quantitative estimate of drug-likeness (QED) is 0.563. The van der Waals surface area contributed by atoms with Crippen molar-refractivity contribution in [2.45, 2.75) is 59.3 Å². The SMILES string of the molecule is CC12CC3(C)CC(C)(C1)CC(C(=O)Nc1ccc4c(c1)C(=O)c1ccccc1C4=O)(C2)C3. The molecule has 0 radical (unpaired) electrons. The van der Waals surface area contributed by atoms with E-state index >= 15 is 0 Å². The van der Waals surface area contributed by atoms with E-state index in [9.17, 15) is 14.4 Å². The minimum absolute atomic E-state index is 0.0789. The third-order valence-corrected chi connectivity index (χ3v) is 8.52. The first-order valence-corrected chi connectivity index (χ1v) is 11.7. The van der Waals surface area contributed by atoms with Crippen molar-refractivity contribution in [3.05, 3.63) is 64.7 Å². The van der Waals surface area contributed by atoms with Crippen molar-refractivity contribution in [2.75, 3.05) is 5.32 Å². The summed E-state index contributed by atoms with van der Waals surface area (Å²) in [7, 11) is 0. The Labute approximate surface area is 188 Å². The van der Waals surface area contributed by atoms with Crippen molar-refractivity contribution < 1.29 is 14.4 Å². The maximum Gasteiger partial charge on any atom is 0.230 e. The third kappa shape index (κ3) is 2.71. The van der Waals surface area contributed by atoms with Gasteiger partial charge in [0.2, 0.25) is 5.91 Å². The minimum Gasteiger partial charge on any atom is -0.326 e. The van der Waals surface area contributed by atoms with Gasteiger partial charge in [0.1, 0.15) is 0 Å². The van der Waals surface area contributed by atoms with E-state index in [0.717, 1.165) is 19.3 Å². The van der Waals surface area contributed by atoms with Crippen molar-refractivity contribution in [3.8, 4) is 0 Å². The van der Waals surface area contributed by atoms with Gasteiger partial charge in [-0.2, -0.15) is 0 Å². The lowest BCUT2D eigenvalue weighted by Crippen LogP contribution is -2.62. The van der Waals surface area contributed by atoms with Gasteiger partial charge in [-0.15, -0.1) is 0 Å². The first kappa shape index (κ1) is 19.9. The molecular formula is C28H29NO3. The standard InChI is InChI=1S/C28H29NO3/c1-25-11-26(2)13-27(3,12-25)16-28(14-25,15-26)24(32)29-17-8-9-20-21(10-17)23(31)19-7-5-4-6-18(19)22(20)30/h4-10H,11-16H2,1-3H3,(H,29,32). The molecule has 32 heavy (non-hydrogen) atoms. The largest absolute Gasteiger partial charge is 0.326 e. The molecule has 0 atom stereocenters. The van der Waals surface area contributed by atoms with Crippen LogP contribution in [0.15, 0.2) is 42.5 Å². The molecule has 4 fully saturated rings. The van der Waals surface area contributed by atoms with E-state index < -0.39 is 0 Å². The smallest absolute Gasteiger partial charge is 0.230 e. The van der Waals surface area contributed by atoms with Gasteiger partial charge in [-0.1, -0.05) is 45.0 Å². The highest BCUT2D eigenvalue weighted by Gasteiger charge is 2.66. The number of carbonyl (C=O) groups is 3. The van der Waals surface area contributed by atoms with Gasteiger partial charge in [-0.05, 0) is 73.0 Å². The molecule has 0 aromatic heterocycles. The van der Waals surface area contributed by atoms with Crippen molar-refractivity contribution in [1.82, 2.24) is 0 Å². The predicted molar refractivity (Wildman–Crippen MR) is 123 cm³/mol. The van der Waals surface area contributed by atoms with Crippen LogP contribution in [-0.4, -0.2) is 17.5 Å². The van der Waals surface area contributed by atoms with E-state index in [0.29, 0.717) is 27.9 Å². The average molecular weight is 428 g/mol. The number of fused-ring (bicyclic) bond motifs is 2. The zero-order valence-corrected chi connectivity index (χ0v) is 19.0. The molecule has 4 bridgehead atoms. The summed E-state index contributed by atoms with van der Waals surface area (Å²) in [6, 6.07) is 12.1. The van der Waals surface area contributed by atoms with Gasteiger partial charge in [-0.3, -0.25) is 14.4 Å². The average Bonchev–Trinajstić information content (AvgIpc) is 2.68. The lowest BCUT2D eigenvalue weighted by Gasteiger charge is -2.68. The highest BCUT2D eigenvalue weighted by Crippen LogP contribution is 2.73. The molecule has 0 aliphatic heterocycles. The summed E-state index contributed by atoms with van der Waals surface area (Å²) in [5.74, 6) is -0.216. The van der Waals surface area contributed by atoms with Crippen LogP contribution in [0.4, 0.5) is 5.69 Å². The summed E-state index contributed by atoms with van der Waals surface area (Å²) in [5.41, 5.74) is 2.58. The minimum atomic E-state index is -0.352. The van der Waals surface area contributed by atoms with Crippen molar-refractivity contribution in [2.24, 2.45) is 21.7 Å². The lowest BCUT2D eigenvalue weighted by molar-refractivity contribution is -0.188. The molecular weight excluding hydrogens is 398 g/mol. The van der Waals surface area contributed by atoms with Crippen LogP contribution in [0.25, 0.3) is 0 Å². The van der Waals surface area contributed by atoms with Gasteiger partial charge in [0.25, 0.3) is 0 Å². The number of benzene rings is 2. The molecule has 0 heterocycles. The summed E-state index contributed by atoms with van der Waals surface area (Å²) >= 11 is 0. The molecule has 4 heteroatoms. The van der Waals surface area contributed by atoms with Crippen LogP contribution < -0.4 is 5.32 Å². The fraction of sp³-hybridized carbons (Fsp3) is 0.464. The van der Waals surface area contributed by atoms with Crippen molar-refractivity contribution in [3.63, 3.8) is 0 Å². The molecule has 2 aromatic carbocycles. The van der Waals surface area contributed by atoms with Crippen LogP contribution in [0.2, 0.25) is 0 Å². The maximum atomic E-state index is 13.7. The number of nitrogens with one attached hydrogen (secondary N) is 1. The van der Waals surface area contributed by atoms with Crippen LogP contribution in [0.3, 0.4) is 0 Å². The summed E-state index contributed by atoms with van der Waals surface area (Å²) in [6.07, 6.45) is 6.44. The Hall–Kier alpha value is -2.75. The van der Waals surface area contributed by atoms with Crippen molar-refractivity contribution in [1.29, 1.82) is 0 Å². The fourth-order valence-corrected chi connectivity index (χ4v) is 8.97. The Morgan fingerprint density at radius 3 is 1.69 bits per heavy atom. The van der Waals surface area contributed by atoms with E-state index in [2.05, 4.69) is 26.1 Å². The van der Waals surface area contributed by atoms with Crippen LogP contribution >= 0.6 is 0 Å². The Kier molecular flexibility index (Phi) is 3.72. The number of rotatable bonds is 2.